The van der Waals surface area contributed by atoms with Crippen LogP contribution >= 0.6 is 0 Å². The Morgan fingerprint density at radius 1 is 1.00 bits per heavy atom. The monoisotopic (exact) mass is 418 g/mol. The van der Waals surface area contributed by atoms with Gasteiger partial charge in [0, 0.05) is 18.7 Å². The lowest BCUT2D eigenvalue weighted by Gasteiger charge is -2.25. The Kier molecular flexibility index (Phi) is 7.92. The maximum atomic E-state index is 12.8. The number of sulfonamides is 1. The smallest absolute Gasteiger partial charge is 0.322 e. The number of aryl methyl sites for hydroxylation is 1. The van der Waals surface area contributed by atoms with Crippen LogP contribution in [0.2, 0.25) is 0 Å². The molecule has 156 valence electrons. The normalized spacial score (nSPS) is 12.2. The number of esters is 1. The van der Waals surface area contributed by atoms with E-state index in [1.54, 1.807) is 47.4 Å². The highest BCUT2D eigenvalue weighted by molar-refractivity contribution is 7.89. The zero-order chi connectivity index (χ0) is 21.4. The minimum absolute atomic E-state index is 0.0507. The molecular formula is C21H26N2O5S. The summed E-state index contributed by atoms with van der Waals surface area (Å²) in [6, 6.07) is 14.9. The molecule has 2 aromatic rings. The van der Waals surface area contributed by atoms with Crippen molar-refractivity contribution in [2.24, 2.45) is 0 Å². The lowest BCUT2D eigenvalue weighted by atomic mass is 10.1. The molecule has 29 heavy (non-hydrogen) atoms. The van der Waals surface area contributed by atoms with Gasteiger partial charge in [-0.15, -0.1) is 0 Å². The first kappa shape index (κ1) is 22.6. The molecule has 2 aromatic carbocycles. The molecule has 0 spiro atoms. The van der Waals surface area contributed by atoms with E-state index in [0.29, 0.717) is 18.7 Å². The molecule has 2 rings (SSSR count). The summed E-state index contributed by atoms with van der Waals surface area (Å²) in [5, 5.41) is 0. The molecule has 8 heteroatoms. The zero-order valence-corrected chi connectivity index (χ0v) is 17.6. The number of nitrogens with zero attached hydrogens (tertiary/aromatic N) is 1. The highest BCUT2D eigenvalue weighted by Gasteiger charge is 2.28. The van der Waals surface area contributed by atoms with Gasteiger partial charge in [-0.25, -0.2) is 8.42 Å². The highest BCUT2D eigenvalue weighted by Crippen LogP contribution is 2.20. The standard InChI is InChI=1S/C21H26N2O5S/c1-4-23(5-2)21(25)20(17-9-7-6-8-10-17)28-19(24)15-22-29(26,27)18-13-11-16(3)12-14-18/h6-14,20,22H,4-5,15H2,1-3H3/t20-/m0/s1. The molecule has 0 saturated heterocycles. The molecule has 0 aliphatic heterocycles. The van der Waals surface area contributed by atoms with E-state index in [9.17, 15) is 18.0 Å². The summed E-state index contributed by atoms with van der Waals surface area (Å²) < 4.78 is 32.3. The topological polar surface area (TPSA) is 92.8 Å². The molecule has 7 nitrogen and oxygen atoms in total. The minimum atomic E-state index is -3.86. The largest absolute Gasteiger partial charge is 0.446 e. The van der Waals surface area contributed by atoms with E-state index >= 15 is 0 Å². The van der Waals surface area contributed by atoms with Gasteiger partial charge in [-0.05, 0) is 32.9 Å². The fraction of sp³-hybridized carbons (Fsp3) is 0.333. The van der Waals surface area contributed by atoms with Crippen LogP contribution in [0.3, 0.4) is 0 Å². The summed E-state index contributed by atoms with van der Waals surface area (Å²) in [4.78, 5) is 26.8. The Morgan fingerprint density at radius 2 is 1.59 bits per heavy atom. The maximum absolute atomic E-state index is 12.8. The van der Waals surface area contributed by atoms with Gasteiger partial charge in [-0.3, -0.25) is 9.59 Å². The van der Waals surface area contributed by atoms with Crippen LogP contribution in [0.5, 0.6) is 0 Å². The highest BCUT2D eigenvalue weighted by atomic mass is 32.2. The Bertz CT molecular complexity index is 923. The molecule has 0 bridgehead atoms. The molecule has 1 atom stereocenters. The van der Waals surface area contributed by atoms with Crippen molar-refractivity contribution in [3.8, 4) is 0 Å². The predicted octanol–water partition coefficient (Wildman–Crippen LogP) is 2.43. The zero-order valence-electron chi connectivity index (χ0n) is 16.8. The average molecular weight is 419 g/mol. The van der Waals surface area contributed by atoms with Crippen LogP contribution in [-0.2, 0) is 24.3 Å². The van der Waals surface area contributed by atoms with Gasteiger partial charge in [-0.1, -0.05) is 48.0 Å². The number of amides is 1. The second kappa shape index (κ2) is 10.2. The Hall–Kier alpha value is -2.71. The Balaban J connectivity index is 2.11. The van der Waals surface area contributed by atoms with Crippen molar-refractivity contribution in [2.75, 3.05) is 19.6 Å². The van der Waals surface area contributed by atoms with Crippen LogP contribution in [-0.4, -0.2) is 44.8 Å². The van der Waals surface area contributed by atoms with E-state index in [-0.39, 0.29) is 10.8 Å². The van der Waals surface area contributed by atoms with E-state index in [0.717, 1.165) is 5.56 Å². The molecule has 0 saturated carbocycles. The fourth-order valence-electron chi connectivity index (χ4n) is 2.72. The van der Waals surface area contributed by atoms with E-state index in [4.69, 9.17) is 4.74 Å². The number of rotatable bonds is 9. The molecule has 0 aliphatic carbocycles. The van der Waals surface area contributed by atoms with Crippen LogP contribution in [0.1, 0.15) is 31.1 Å². The van der Waals surface area contributed by atoms with E-state index in [1.807, 2.05) is 20.8 Å². The SMILES string of the molecule is CCN(CC)C(=O)[C@@H](OC(=O)CNS(=O)(=O)c1ccc(C)cc1)c1ccccc1. The Morgan fingerprint density at radius 3 is 2.14 bits per heavy atom. The molecule has 0 unspecified atom stereocenters. The van der Waals surface area contributed by atoms with Crippen LogP contribution in [0.15, 0.2) is 59.5 Å². The quantitative estimate of drug-likeness (QED) is 0.632. The first-order chi connectivity index (χ1) is 13.8. The number of ether oxygens (including phenoxy) is 1. The number of likely N-dealkylation sites (N-methyl/N-ethyl adjacent to an activating group) is 1. The first-order valence-electron chi connectivity index (χ1n) is 9.38. The molecule has 1 N–H and O–H groups in total. The van der Waals surface area contributed by atoms with E-state index < -0.39 is 28.6 Å². The van der Waals surface area contributed by atoms with Gasteiger partial charge >= 0.3 is 5.97 Å². The number of carbonyl (C=O) groups is 2. The van der Waals surface area contributed by atoms with Crippen LogP contribution < -0.4 is 4.72 Å². The minimum Gasteiger partial charge on any atom is -0.446 e. The lowest BCUT2D eigenvalue weighted by Crippen LogP contribution is -2.38. The second-order valence-corrected chi connectivity index (χ2v) is 8.20. The number of benzene rings is 2. The maximum Gasteiger partial charge on any atom is 0.322 e. The van der Waals surface area contributed by atoms with Crippen molar-refractivity contribution < 1.29 is 22.7 Å². The molecule has 0 aliphatic rings. The van der Waals surface area contributed by atoms with Gasteiger partial charge in [0.05, 0.1) is 4.90 Å². The van der Waals surface area contributed by atoms with Crippen LogP contribution in [0.4, 0.5) is 0 Å². The summed E-state index contributed by atoms with van der Waals surface area (Å²) in [5.41, 5.74) is 1.45. The summed E-state index contributed by atoms with van der Waals surface area (Å²) >= 11 is 0. The second-order valence-electron chi connectivity index (χ2n) is 6.43. The lowest BCUT2D eigenvalue weighted by molar-refractivity contribution is -0.159. The van der Waals surface area contributed by atoms with Crippen LogP contribution in [0, 0.1) is 6.92 Å². The first-order valence-corrected chi connectivity index (χ1v) is 10.9. The van der Waals surface area contributed by atoms with Gasteiger partial charge < -0.3 is 9.64 Å². The predicted molar refractivity (Wildman–Crippen MR) is 110 cm³/mol. The third-order valence-electron chi connectivity index (χ3n) is 4.39. The summed E-state index contributed by atoms with van der Waals surface area (Å²) in [6.45, 7) is 5.87. The summed E-state index contributed by atoms with van der Waals surface area (Å²) in [5.74, 6) is -1.19. The molecule has 1 amide bonds. The van der Waals surface area contributed by atoms with Gasteiger partial charge in [0.15, 0.2) is 0 Å². The third-order valence-corrected chi connectivity index (χ3v) is 5.81. The fourth-order valence-corrected chi connectivity index (χ4v) is 3.69. The molecule has 0 heterocycles. The third kappa shape index (κ3) is 6.13. The Labute approximate surface area is 171 Å². The molecule has 0 radical (unpaired) electrons. The summed E-state index contributed by atoms with van der Waals surface area (Å²) in [7, 11) is -3.86. The number of carbonyl (C=O) groups excluding carboxylic acids is 2. The van der Waals surface area contributed by atoms with Gasteiger partial charge in [0.1, 0.15) is 6.54 Å². The average Bonchev–Trinajstić information content (AvgIpc) is 2.72. The van der Waals surface area contributed by atoms with Crippen molar-refractivity contribution in [3.63, 3.8) is 0 Å². The van der Waals surface area contributed by atoms with Crippen molar-refractivity contribution in [3.05, 3.63) is 65.7 Å². The van der Waals surface area contributed by atoms with Gasteiger partial charge in [0.25, 0.3) is 5.91 Å². The molecule has 0 aromatic heterocycles. The number of nitrogens with one attached hydrogen (secondary N) is 1. The van der Waals surface area contributed by atoms with Crippen molar-refractivity contribution in [1.82, 2.24) is 9.62 Å². The summed E-state index contributed by atoms with van der Waals surface area (Å²) in [6.07, 6.45) is -1.13. The molecule has 0 fully saturated rings. The van der Waals surface area contributed by atoms with Gasteiger partial charge in [-0.2, -0.15) is 4.72 Å². The van der Waals surface area contributed by atoms with Crippen molar-refractivity contribution >= 4 is 21.9 Å². The number of hydrogen-bond donors (Lipinski definition) is 1. The van der Waals surface area contributed by atoms with Gasteiger partial charge in [0.2, 0.25) is 16.1 Å². The van der Waals surface area contributed by atoms with Crippen LogP contribution in [0.25, 0.3) is 0 Å². The van der Waals surface area contributed by atoms with E-state index in [2.05, 4.69) is 4.72 Å². The van der Waals surface area contributed by atoms with Crippen molar-refractivity contribution in [1.29, 1.82) is 0 Å². The van der Waals surface area contributed by atoms with E-state index in [1.165, 1.54) is 12.1 Å². The number of hydrogen-bond acceptors (Lipinski definition) is 5. The molecular weight excluding hydrogens is 392 g/mol. The van der Waals surface area contributed by atoms with Crippen molar-refractivity contribution in [2.45, 2.75) is 31.8 Å².